The molecule has 27 heavy (non-hydrogen) atoms. The van der Waals surface area contributed by atoms with Crippen LogP contribution in [-0.2, 0) is 11.2 Å². The third-order valence-electron chi connectivity index (χ3n) is 5.78. The van der Waals surface area contributed by atoms with E-state index in [-0.39, 0.29) is 6.04 Å². The fraction of sp³-hybridized carbons (Fsp3) is 0.478. The maximum atomic E-state index is 13.3. The van der Waals surface area contributed by atoms with Crippen molar-refractivity contribution in [1.82, 2.24) is 14.8 Å². The summed E-state index contributed by atoms with van der Waals surface area (Å²) in [6.07, 6.45) is 8.15. The van der Waals surface area contributed by atoms with Crippen molar-refractivity contribution in [3.05, 3.63) is 54.4 Å². The molecule has 4 nitrogen and oxygen atoms in total. The number of carbonyl (C=O) groups excluding carboxylic acids is 1. The van der Waals surface area contributed by atoms with E-state index in [0.29, 0.717) is 5.91 Å². The second-order valence-electron chi connectivity index (χ2n) is 7.88. The average molecular weight is 364 g/mol. The third kappa shape index (κ3) is 4.22. The zero-order valence-electron chi connectivity index (χ0n) is 16.2. The van der Waals surface area contributed by atoms with Crippen molar-refractivity contribution < 1.29 is 4.79 Å². The second kappa shape index (κ2) is 8.22. The summed E-state index contributed by atoms with van der Waals surface area (Å²) >= 11 is 0. The lowest BCUT2D eigenvalue weighted by molar-refractivity contribution is -0.141. The summed E-state index contributed by atoms with van der Waals surface area (Å²) < 4.78 is 0. The van der Waals surface area contributed by atoms with Gasteiger partial charge >= 0.3 is 0 Å². The van der Waals surface area contributed by atoms with Crippen molar-refractivity contribution >= 4 is 5.91 Å². The molecule has 0 N–H and O–H groups in total. The first-order chi connectivity index (χ1) is 13.3. The van der Waals surface area contributed by atoms with Crippen LogP contribution in [0.3, 0.4) is 0 Å². The van der Waals surface area contributed by atoms with Gasteiger partial charge in [-0.15, -0.1) is 0 Å². The molecule has 2 fully saturated rings. The molecule has 1 saturated heterocycles. The summed E-state index contributed by atoms with van der Waals surface area (Å²) in [6.45, 7) is 5.97. The first kappa shape index (κ1) is 18.2. The van der Waals surface area contributed by atoms with Crippen molar-refractivity contribution in [3.63, 3.8) is 0 Å². The molecule has 1 aliphatic heterocycles. The monoisotopic (exact) mass is 363 g/mol. The highest BCUT2D eigenvalue weighted by molar-refractivity contribution is 5.83. The Morgan fingerprint density at radius 3 is 2.70 bits per heavy atom. The van der Waals surface area contributed by atoms with Gasteiger partial charge < -0.3 is 4.90 Å². The van der Waals surface area contributed by atoms with Crippen molar-refractivity contribution in [1.29, 1.82) is 0 Å². The van der Waals surface area contributed by atoms with Gasteiger partial charge in [-0.2, -0.15) is 0 Å². The molecular weight excluding hydrogens is 334 g/mol. The molecule has 142 valence electrons. The molecule has 1 aromatic carbocycles. The highest BCUT2D eigenvalue weighted by Gasteiger charge is 2.37. The number of hydrogen-bond donors (Lipinski definition) is 0. The quantitative estimate of drug-likeness (QED) is 0.754. The number of amides is 1. The smallest absolute Gasteiger partial charge is 0.240 e. The van der Waals surface area contributed by atoms with Gasteiger partial charge in [0.2, 0.25) is 5.91 Å². The average Bonchev–Trinajstić information content (AvgIpc) is 3.52. The van der Waals surface area contributed by atoms with E-state index >= 15 is 0 Å². The van der Waals surface area contributed by atoms with Crippen LogP contribution in [0.15, 0.2) is 48.8 Å². The van der Waals surface area contributed by atoms with E-state index in [4.69, 9.17) is 0 Å². The SMILES string of the molecule is CCCN1CCN(CC2CC2)C(Cc2ccccc2-c2cccnc2)C1=O. The lowest BCUT2D eigenvalue weighted by Gasteiger charge is -2.41. The first-order valence-electron chi connectivity index (χ1n) is 10.3. The summed E-state index contributed by atoms with van der Waals surface area (Å²) in [5, 5.41) is 0. The minimum absolute atomic E-state index is 0.0382. The van der Waals surface area contributed by atoms with Gasteiger partial charge in [0, 0.05) is 44.1 Å². The zero-order chi connectivity index (χ0) is 18.6. The lowest BCUT2D eigenvalue weighted by atomic mass is 9.94. The summed E-state index contributed by atoms with van der Waals surface area (Å²) in [4.78, 5) is 22.0. The molecular formula is C23H29N3O. The largest absolute Gasteiger partial charge is 0.340 e. The van der Waals surface area contributed by atoms with E-state index < -0.39 is 0 Å². The highest BCUT2D eigenvalue weighted by Crippen LogP contribution is 2.32. The molecule has 2 heterocycles. The van der Waals surface area contributed by atoms with Crippen LogP contribution in [0.2, 0.25) is 0 Å². The van der Waals surface area contributed by atoms with Crippen molar-refractivity contribution in [2.45, 2.75) is 38.6 Å². The lowest BCUT2D eigenvalue weighted by Crippen LogP contribution is -2.58. The van der Waals surface area contributed by atoms with Gasteiger partial charge in [-0.1, -0.05) is 37.3 Å². The Labute approximate surface area is 162 Å². The van der Waals surface area contributed by atoms with Crippen molar-refractivity contribution in [2.24, 2.45) is 5.92 Å². The van der Waals surface area contributed by atoms with E-state index in [1.54, 1.807) is 6.20 Å². The molecule has 2 aromatic rings. The fourth-order valence-electron chi connectivity index (χ4n) is 4.15. The molecule has 1 amide bonds. The minimum atomic E-state index is -0.0382. The number of aromatic nitrogens is 1. The van der Waals surface area contributed by atoms with Gasteiger partial charge in [0.05, 0.1) is 6.04 Å². The zero-order valence-corrected chi connectivity index (χ0v) is 16.2. The van der Waals surface area contributed by atoms with Crippen LogP contribution in [-0.4, -0.2) is 52.9 Å². The Morgan fingerprint density at radius 2 is 1.96 bits per heavy atom. The Morgan fingerprint density at radius 1 is 1.11 bits per heavy atom. The van der Waals surface area contributed by atoms with Crippen LogP contribution in [0.4, 0.5) is 0 Å². The van der Waals surface area contributed by atoms with Crippen LogP contribution < -0.4 is 0 Å². The van der Waals surface area contributed by atoms with Gasteiger partial charge in [-0.25, -0.2) is 0 Å². The van der Waals surface area contributed by atoms with E-state index in [9.17, 15) is 4.79 Å². The molecule has 1 aliphatic carbocycles. The Hall–Kier alpha value is -2.20. The molecule has 0 spiro atoms. The normalized spacial score (nSPS) is 20.9. The molecule has 1 atom stereocenters. The molecule has 0 bridgehead atoms. The van der Waals surface area contributed by atoms with Crippen LogP contribution in [0.5, 0.6) is 0 Å². The van der Waals surface area contributed by atoms with E-state index in [2.05, 4.69) is 52.0 Å². The highest BCUT2D eigenvalue weighted by atomic mass is 16.2. The van der Waals surface area contributed by atoms with Crippen molar-refractivity contribution in [2.75, 3.05) is 26.2 Å². The number of nitrogens with zero attached hydrogens (tertiary/aromatic N) is 3. The Bertz CT molecular complexity index is 772. The number of pyridine rings is 1. The molecule has 1 saturated carbocycles. The van der Waals surface area contributed by atoms with Crippen LogP contribution in [0.25, 0.3) is 11.1 Å². The first-order valence-corrected chi connectivity index (χ1v) is 10.3. The molecule has 2 aliphatic rings. The van der Waals surface area contributed by atoms with Gasteiger partial charge in [0.1, 0.15) is 0 Å². The maximum absolute atomic E-state index is 13.3. The van der Waals surface area contributed by atoms with E-state index in [1.807, 2.05) is 12.3 Å². The summed E-state index contributed by atoms with van der Waals surface area (Å²) in [5.41, 5.74) is 3.55. The van der Waals surface area contributed by atoms with Gasteiger partial charge in [-0.05, 0) is 48.8 Å². The summed E-state index contributed by atoms with van der Waals surface area (Å²) in [6, 6.07) is 12.5. The topological polar surface area (TPSA) is 36.4 Å². The second-order valence-corrected chi connectivity index (χ2v) is 7.88. The van der Waals surface area contributed by atoms with Crippen LogP contribution >= 0.6 is 0 Å². The standard InChI is InChI=1S/C23H29N3O/c1-2-12-25-13-14-26(17-18-9-10-18)22(23(25)27)15-19-6-3-4-8-21(19)20-7-5-11-24-16-20/h3-8,11,16,18,22H,2,9-10,12-15,17H2,1H3. The Balaban J connectivity index is 1.60. The summed E-state index contributed by atoms with van der Waals surface area (Å²) in [7, 11) is 0. The number of piperazine rings is 1. The van der Waals surface area contributed by atoms with E-state index in [0.717, 1.165) is 50.5 Å². The number of rotatable bonds is 7. The predicted octanol–water partition coefficient (Wildman–Crippen LogP) is 3.62. The molecule has 4 rings (SSSR count). The number of benzene rings is 1. The van der Waals surface area contributed by atoms with Crippen LogP contribution in [0.1, 0.15) is 31.7 Å². The van der Waals surface area contributed by atoms with Gasteiger partial charge in [0.15, 0.2) is 0 Å². The molecule has 1 aromatic heterocycles. The Kier molecular flexibility index (Phi) is 5.53. The maximum Gasteiger partial charge on any atom is 0.240 e. The number of hydrogen-bond acceptors (Lipinski definition) is 3. The molecule has 1 unspecified atom stereocenters. The minimum Gasteiger partial charge on any atom is -0.340 e. The third-order valence-corrected chi connectivity index (χ3v) is 5.78. The summed E-state index contributed by atoms with van der Waals surface area (Å²) in [5.74, 6) is 1.11. The number of carbonyl (C=O) groups is 1. The predicted molar refractivity (Wildman–Crippen MR) is 108 cm³/mol. The molecule has 0 radical (unpaired) electrons. The van der Waals surface area contributed by atoms with Crippen molar-refractivity contribution in [3.8, 4) is 11.1 Å². The van der Waals surface area contributed by atoms with Gasteiger partial charge in [-0.3, -0.25) is 14.7 Å². The molecule has 4 heteroatoms. The van der Waals surface area contributed by atoms with E-state index in [1.165, 1.54) is 24.0 Å². The van der Waals surface area contributed by atoms with Crippen LogP contribution in [0, 0.1) is 5.92 Å². The fourth-order valence-corrected chi connectivity index (χ4v) is 4.15. The van der Waals surface area contributed by atoms with Gasteiger partial charge in [0.25, 0.3) is 0 Å².